The molecule has 18 heavy (non-hydrogen) atoms. The van der Waals surface area contributed by atoms with Crippen LogP contribution in [0.15, 0.2) is 0 Å². The first-order valence-corrected chi connectivity index (χ1v) is 8.44. The summed E-state index contributed by atoms with van der Waals surface area (Å²) in [5, 5.41) is 3.76. The molecule has 0 spiro atoms. The van der Waals surface area contributed by atoms with Gasteiger partial charge in [0, 0.05) is 6.54 Å². The van der Waals surface area contributed by atoms with Gasteiger partial charge >= 0.3 is 0 Å². The zero-order valence-electron chi connectivity index (χ0n) is 12.8. The molecule has 3 unspecified atom stereocenters. The summed E-state index contributed by atoms with van der Waals surface area (Å²) < 4.78 is 0. The van der Waals surface area contributed by atoms with E-state index in [0.717, 1.165) is 17.8 Å². The van der Waals surface area contributed by atoms with Crippen LogP contribution in [0.4, 0.5) is 0 Å². The van der Waals surface area contributed by atoms with Crippen molar-refractivity contribution in [3.63, 3.8) is 0 Å². The lowest BCUT2D eigenvalue weighted by Gasteiger charge is -2.40. The van der Waals surface area contributed by atoms with Crippen molar-refractivity contribution < 1.29 is 0 Å². The summed E-state index contributed by atoms with van der Waals surface area (Å²) in [6.07, 6.45) is 11.7. The zero-order valence-corrected chi connectivity index (χ0v) is 12.8. The predicted molar refractivity (Wildman–Crippen MR) is 79.7 cm³/mol. The molecule has 2 fully saturated rings. The highest BCUT2D eigenvalue weighted by Gasteiger charge is 2.50. The molecule has 1 heteroatoms. The molecule has 0 aromatic heterocycles. The van der Waals surface area contributed by atoms with Gasteiger partial charge in [-0.05, 0) is 61.8 Å². The molecule has 2 saturated carbocycles. The van der Waals surface area contributed by atoms with E-state index in [4.69, 9.17) is 0 Å². The second kappa shape index (κ2) is 6.41. The average Bonchev–Trinajstić information content (AvgIpc) is 2.97. The van der Waals surface area contributed by atoms with Crippen molar-refractivity contribution in [3.05, 3.63) is 0 Å². The molecule has 0 aromatic carbocycles. The van der Waals surface area contributed by atoms with Crippen molar-refractivity contribution in [2.45, 2.75) is 72.1 Å². The number of rotatable bonds is 8. The summed E-state index contributed by atoms with van der Waals surface area (Å²) in [7, 11) is 0. The fourth-order valence-corrected chi connectivity index (χ4v) is 4.76. The molecular formula is C17H33N. The molecule has 1 N–H and O–H groups in total. The Morgan fingerprint density at radius 2 is 1.94 bits per heavy atom. The van der Waals surface area contributed by atoms with Crippen molar-refractivity contribution >= 4 is 0 Å². The van der Waals surface area contributed by atoms with Crippen molar-refractivity contribution in [2.24, 2.45) is 23.2 Å². The molecular weight excluding hydrogens is 218 g/mol. The minimum atomic E-state index is 0.675. The second-order valence-electron chi connectivity index (χ2n) is 7.01. The zero-order chi connectivity index (χ0) is 13.0. The number of hydrogen-bond acceptors (Lipinski definition) is 1. The second-order valence-corrected chi connectivity index (χ2v) is 7.01. The van der Waals surface area contributed by atoms with Gasteiger partial charge < -0.3 is 5.32 Å². The van der Waals surface area contributed by atoms with E-state index in [2.05, 4.69) is 26.1 Å². The fraction of sp³-hybridized carbons (Fsp3) is 1.00. The Bertz CT molecular complexity index is 246. The van der Waals surface area contributed by atoms with Gasteiger partial charge in [-0.3, -0.25) is 0 Å². The van der Waals surface area contributed by atoms with Crippen LogP contribution in [0.5, 0.6) is 0 Å². The Balaban J connectivity index is 1.98. The first kappa shape index (κ1) is 14.4. The van der Waals surface area contributed by atoms with Crippen LogP contribution < -0.4 is 5.32 Å². The molecule has 0 heterocycles. The lowest BCUT2D eigenvalue weighted by atomic mass is 9.67. The summed E-state index contributed by atoms with van der Waals surface area (Å²) in [5.41, 5.74) is 0.675. The van der Waals surface area contributed by atoms with E-state index in [9.17, 15) is 0 Å². The molecule has 0 saturated heterocycles. The molecule has 0 aromatic rings. The average molecular weight is 251 g/mol. The summed E-state index contributed by atoms with van der Waals surface area (Å²) in [5.74, 6) is 3.09. The smallest absolute Gasteiger partial charge is 0.00107 e. The quantitative estimate of drug-likeness (QED) is 0.621. The van der Waals surface area contributed by atoms with Gasteiger partial charge in [0.2, 0.25) is 0 Å². The highest BCUT2D eigenvalue weighted by atomic mass is 14.9. The molecule has 2 bridgehead atoms. The molecule has 1 nitrogen and oxygen atoms in total. The van der Waals surface area contributed by atoms with E-state index < -0.39 is 0 Å². The third-order valence-electron chi connectivity index (χ3n) is 5.86. The van der Waals surface area contributed by atoms with Gasteiger partial charge in [-0.25, -0.2) is 0 Å². The van der Waals surface area contributed by atoms with Gasteiger partial charge in [-0.1, -0.05) is 40.0 Å². The number of hydrogen-bond donors (Lipinski definition) is 1. The minimum Gasteiger partial charge on any atom is -0.316 e. The molecule has 3 atom stereocenters. The third kappa shape index (κ3) is 2.92. The molecule has 0 aliphatic heterocycles. The molecule has 106 valence electrons. The first-order valence-electron chi connectivity index (χ1n) is 8.44. The van der Waals surface area contributed by atoms with E-state index in [0.29, 0.717) is 5.41 Å². The Morgan fingerprint density at radius 3 is 2.44 bits per heavy atom. The van der Waals surface area contributed by atoms with Crippen molar-refractivity contribution in [1.29, 1.82) is 0 Å². The third-order valence-corrected chi connectivity index (χ3v) is 5.86. The molecule has 0 radical (unpaired) electrons. The maximum atomic E-state index is 3.76. The standard InChI is InChI=1S/C17H33N/c1-4-9-18-13-17(11-14(5-2)6-3)12-15-7-8-16(17)10-15/h14-16,18H,4-13H2,1-3H3. The van der Waals surface area contributed by atoms with Gasteiger partial charge in [-0.15, -0.1) is 0 Å². The Morgan fingerprint density at radius 1 is 1.17 bits per heavy atom. The topological polar surface area (TPSA) is 12.0 Å². The van der Waals surface area contributed by atoms with Crippen molar-refractivity contribution in [3.8, 4) is 0 Å². The highest BCUT2D eigenvalue weighted by Crippen LogP contribution is 2.58. The summed E-state index contributed by atoms with van der Waals surface area (Å²) in [4.78, 5) is 0. The maximum absolute atomic E-state index is 3.76. The van der Waals surface area contributed by atoms with Crippen LogP contribution in [-0.2, 0) is 0 Å². The monoisotopic (exact) mass is 251 g/mol. The van der Waals surface area contributed by atoms with Gasteiger partial charge in [-0.2, -0.15) is 0 Å². The Labute approximate surface area is 114 Å². The van der Waals surface area contributed by atoms with E-state index in [-0.39, 0.29) is 0 Å². The molecule has 2 aliphatic carbocycles. The maximum Gasteiger partial charge on any atom is 0.00107 e. The van der Waals surface area contributed by atoms with E-state index in [1.165, 1.54) is 58.0 Å². The Kier molecular flexibility index (Phi) is 5.12. The van der Waals surface area contributed by atoms with Crippen molar-refractivity contribution in [2.75, 3.05) is 13.1 Å². The highest BCUT2D eigenvalue weighted by molar-refractivity contribution is 5.02. The number of fused-ring (bicyclic) bond motifs is 2. The number of nitrogens with one attached hydrogen (secondary N) is 1. The lowest BCUT2D eigenvalue weighted by Crippen LogP contribution is -2.40. The van der Waals surface area contributed by atoms with Crippen LogP contribution in [0.3, 0.4) is 0 Å². The van der Waals surface area contributed by atoms with Crippen LogP contribution in [0.2, 0.25) is 0 Å². The summed E-state index contributed by atoms with van der Waals surface area (Å²) in [6.45, 7) is 9.56. The van der Waals surface area contributed by atoms with Gasteiger partial charge in [0.15, 0.2) is 0 Å². The van der Waals surface area contributed by atoms with Gasteiger partial charge in [0.1, 0.15) is 0 Å². The summed E-state index contributed by atoms with van der Waals surface area (Å²) >= 11 is 0. The lowest BCUT2D eigenvalue weighted by molar-refractivity contribution is 0.113. The van der Waals surface area contributed by atoms with E-state index >= 15 is 0 Å². The van der Waals surface area contributed by atoms with E-state index in [1.54, 1.807) is 6.42 Å². The molecule has 2 rings (SSSR count). The van der Waals surface area contributed by atoms with Crippen molar-refractivity contribution in [1.82, 2.24) is 5.32 Å². The van der Waals surface area contributed by atoms with Crippen LogP contribution in [0.25, 0.3) is 0 Å². The van der Waals surface area contributed by atoms with E-state index in [1.807, 2.05) is 0 Å². The summed E-state index contributed by atoms with van der Waals surface area (Å²) in [6, 6.07) is 0. The van der Waals surface area contributed by atoms with Gasteiger partial charge in [0.05, 0.1) is 0 Å². The van der Waals surface area contributed by atoms with Gasteiger partial charge in [0.25, 0.3) is 0 Å². The van der Waals surface area contributed by atoms with Crippen LogP contribution in [0, 0.1) is 23.2 Å². The minimum absolute atomic E-state index is 0.675. The molecule has 2 aliphatic rings. The SMILES string of the molecule is CCCNCC1(CC(CC)CC)CC2CCC1C2. The normalized spacial score (nSPS) is 34.7. The van der Waals surface area contributed by atoms with Crippen LogP contribution in [-0.4, -0.2) is 13.1 Å². The first-order chi connectivity index (χ1) is 8.74. The largest absolute Gasteiger partial charge is 0.316 e. The van der Waals surface area contributed by atoms with Crippen LogP contribution >= 0.6 is 0 Å². The Hall–Kier alpha value is -0.0400. The predicted octanol–water partition coefficient (Wildman–Crippen LogP) is 4.62. The fourth-order valence-electron chi connectivity index (χ4n) is 4.76. The molecule has 0 amide bonds. The van der Waals surface area contributed by atoms with Crippen LogP contribution in [0.1, 0.15) is 72.1 Å².